The molecule has 1 unspecified atom stereocenters. The van der Waals surface area contributed by atoms with E-state index in [1.807, 2.05) is 13.0 Å². The predicted octanol–water partition coefficient (Wildman–Crippen LogP) is 0.582. The number of carbonyl (C=O) groups excluding carboxylic acids is 2. The largest absolute Gasteiger partial charge is 0.465 e. The van der Waals surface area contributed by atoms with Gasteiger partial charge in [-0.15, -0.1) is 0 Å². The van der Waals surface area contributed by atoms with E-state index < -0.39 is 12.1 Å². The fraction of sp³-hybridized carbons (Fsp3) is 0.294. The van der Waals surface area contributed by atoms with Gasteiger partial charge in [-0.1, -0.05) is 12.0 Å². The van der Waals surface area contributed by atoms with Crippen molar-refractivity contribution in [3.05, 3.63) is 46.8 Å². The minimum Gasteiger partial charge on any atom is -0.465 e. The van der Waals surface area contributed by atoms with Gasteiger partial charge in [0.1, 0.15) is 5.70 Å². The molecule has 6 nitrogen and oxygen atoms in total. The zero-order chi connectivity index (χ0) is 17.0. The fourth-order valence-electron chi connectivity index (χ4n) is 2.16. The minimum absolute atomic E-state index is 0.135. The molecule has 2 rings (SSSR count). The van der Waals surface area contributed by atoms with Crippen molar-refractivity contribution in [2.24, 2.45) is 0 Å². The summed E-state index contributed by atoms with van der Waals surface area (Å²) in [6.45, 7) is 1.92. The first-order valence-corrected chi connectivity index (χ1v) is 7.09. The van der Waals surface area contributed by atoms with Crippen molar-refractivity contribution < 1.29 is 14.3 Å². The second-order valence-electron chi connectivity index (χ2n) is 5.10. The maximum Gasteiger partial charge on any atom is 0.337 e. The van der Waals surface area contributed by atoms with E-state index in [4.69, 9.17) is 4.74 Å². The van der Waals surface area contributed by atoms with Crippen LogP contribution in [0.4, 0.5) is 0 Å². The second kappa shape index (κ2) is 6.88. The van der Waals surface area contributed by atoms with E-state index in [2.05, 4.69) is 22.5 Å². The number of nitrogens with zero attached hydrogens (tertiary/aromatic N) is 1. The molecule has 2 N–H and O–H groups in total. The normalized spacial score (nSPS) is 15.9. The van der Waals surface area contributed by atoms with Crippen LogP contribution in [0, 0.1) is 18.8 Å². The molecule has 1 aromatic carbocycles. The topological polar surface area (TPSA) is 70.7 Å². The molecule has 0 saturated heterocycles. The third kappa shape index (κ3) is 3.46. The first-order chi connectivity index (χ1) is 11.0. The Kier molecular flexibility index (Phi) is 4.91. The Morgan fingerprint density at radius 2 is 2.09 bits per heavy atom. The van der Waals surface area contributed by atoms with Gasteiger partial charge in [0.05, 0.1) is 12.7 Å². The van der Waals surface area contributed by atoms with Gasteiger partial charge >= 0.3 is 5.97 Å². The first kappa shape index (κ1) is 16.4. The Morgan fingerprint density at radius 1 is 1.35 bits per heavy atom. The summed E-state index contributed by atoms with van der Waals surface area (Å²) in [5, 5.41) is 5.56. The number of carbonyl (C=O) groups is 2. The van der Waals surface area contributed by atoms with Crippen LogP contribution in [0.1, 0.15) is 21.5 Å². The zero-order valence-electron chi connectivity index (χ0n) is 13.6. The number of aryl methyl sites for hydroxylation is 1. The van der Waals surface area contributed by atoms with E-state index in [0.29, 0.717) is 11.3 Å². The summed E-state index contributed by atoms with van der Waals surface area (Å²) in [6, 6.07) is 5.23. The molecule has 6 heteroatoms. The molecule has 0 spiro atoms. The predicted molar refractivity (Wildman–Crippen MR) is 86.2 cm³/mol. The fourth-order valence-corrected chi connectivity index (χ4v) is 2.16. The molecule has 1 heterocycles. The van der Waals surface area contributed by atoms with E-state index >= 15 is 0 Å². The molecule has 0 fully saturated rings. The van der Waals surface area contributed by atoms with Crippen LogP contribution >= 0.6 is 0 Å². The molecule has 1 aromatic rings. The first-order valence-electron chi connectivity index (χ1n) is 7.09. The van der Waals surface area contributed by atoms with E-state index in [9.17, 15) is 9.59 Å². The number of amides is 1. The lowest BCUT2D eigenvalue weighted by atomic mass is 10.1. The molecule has 1 aliphatic rings. The van der Waals surface area contributed by atoms with Gasteiger partial charge in [-0.05, 0) is 30.5 Å². The molecule has 0 aliphatic carbocycles. The van der Waals surface area contributed by atoms with Gasteiger partial charge in [-0.2, -0.15) is 0 Å². The SMILES string of the molecule is CNC(=O)C1NC=C(C#Cc2cc(C(=O)OC)ccc2C)N1C. The van der Waals surface area contributed by atoms with Gasteiger partial charge in [0.15, 0.2) is 6.17 Å². The Bertz CT molecular complexity index is 728. The highest BCUT2D eigenvalue weighted by Gasteiger charge is 2.26. The third-order valence-electron chi connectivity index (χ3n) is 3.62. The van der Waals surface area contributed by atoms with Crippen LogP contribution in [0.2, 0.25) is 0 Å². The van der Waals surface area contributed by atoms with E-state index in [0.717, 1.165) is 11.1 Å². The standard InChI is InChI=1S/C17H19N3O3/c1-11-5-6-13(17(22)23-4)9-12(11)7-8-14-10-19-15(20(14)3)16(21)18-2/h5-6,9-10,15,19H,1-4H3,(H,18,21). The lowest BCUT2D eigenvalue weighted by molar-refractivity contribution is -0.125. The Hall–Kier alpha value is -2.94. The Morgan fingerprint density at radius 3 is 2.74 bits per heavy atom. The Labute approximate surface area is 135 Å². The van der Waals surface area contributed by atoms with Crippen LogP contribution < -0.4 is 10.6 Å². The highest BCUT2D eigenvalue weighted by molar-refractivity contribution is 5.90. The van der Waals surface area contributed by atoms with Crippen LogP contribution in [-0.4, -0.2) is 44.1 Å². The maximum absolute atomic E-state index is 11.7. The number of rotatable bonds is 2. The number of ether oxygens (including phenoxy) is 1. The summed E-state index contributed by atoms with van der Waals surface area (Å²) < 4.78 is 4.72. The lowest BCUT2D eigenvalue weighted by Gasteiger charge is -2.20. The average molecular weight is 313 g/mol. The molecule has 23 heavy (non-hydrogen) atoms. The number of hydrogen-bond donors (Lipinski definition) is 2. The molecular weight excluding hydrogens is 294 g/mol. The third-order valence-corrected chi connectivity index (χ3v) is 3.62. The van der Waals surface area contributed by atoms with E-state index in [-0.39, 0.29) is 5.91 Å². The van der Waals surface area contributed by atoms with Crippen LogP contribution in [0.25, 0.3) is 0 Å². The molecule has 1 amide bonds. The van der Waals surface area contributed by atoms with Crippen molar-refractivity contribution in [1.82, 2.24) is 15.5 Å². The number of nitrogens with one attached hydrogen (secondary N) is 2. The number of esters is 1. The summed E-state index contributed by atoms with van der Waals surface area (Å²) in [4.78, 5) is 25.1. The Balaban J connectivity index is 2.23. The van der Waals surface area contributed by atoms with Gasteiger partial charge in [0.25, 0.3) is 5.91 Å². The van der Waals surface area contributed by atoms with Crippen molar-refractivity contribution in [2.45, 2.75) is 13.1 Å². The van der Waals surface area contributed by atoms with Gasteiger partial charge < -0.3 is 20.3 Å². The van der Waals surface area contributed by atoms with Crippen molar-refractivity contribution in [1.29, 1.82) is 0 Å². The molecule has 0 bridgehead atoms. The monoisotopic (exact) mass is 313 g/mol. The lowest BCUT2D eigenvalue weighted by Crippen LogP contribution is -2.46. The van der Waals surface area contributed by atoms with Crippen molar-refractivity contribution in [3.63, 3.8) is 0 Å². The van der Waals surface area contributed by atoms with Crippen molar-refractivity contribution in [2.75, 3.05) is 21.2 Å². The number of methoxy groups -OCH3 is 1. The van der Waals surface area contributed by atoms with Crippen molar-refractivity contribution in [3.8, 4) is 11.8 Å². The van der Waals surface area contributed by atoms with Gasteiger partial charge in [0, 0.05) is 25.9 Å². The number of allylic oxidation sites excluding steroid dienone is 1. The maximum atomic E-state index is 11.7. The summed E-state index contributed by atoms with van der Waals surface area (Å²) in [7, 11) is 4.72. The van der Waals surface area contributed by atoms with Gasteiger partial charge in [-0.25, -0.2) is 4.79 Å². The summed E-state index contributed by atoms with van der Waals surface area (Å²) in [5.41, 5.74) is 2.85. The smallest absolute Gasteiger partial charge is 0.337 e. The average Bonchev–Trinajstić information content (AvgIpc) is 2.93. The molecular formula is C17H19N3O3. The summed E-state index contributed by atoms with van der Waals surface area (Å²) in [5.74, 6) is 5.54. The quantitative estimate of drug-likeness (QED) is 0.617. The summed E-state index contributed by atoms with van der Waals surface area (Å²) in [6.07, 6.45) is 1.23. The molecule has 1 aliphatic heterocycles. The minimum atomic E-state index is -0.466. The molecule has 0 radical (unpaired) electrons. The van der Waals surface area contributed by atoms with E-state index in [1.165, 1.54) is 7.11 Å². The highest BCUT2D eigenvalue weighted by atomic mass is 16.5. The highest BCUT2D eigenvalue weighted by Crippen LogP contribution is 2.14. The van der Waals surface area contributed by atoms with Crippen LogP contribution in [0.5, 0.6) is 0 Å². The zero-order valence-corrected chi connectivity index (χ0v) is 13.6. The number of hydrogen-bond acceptors (Lipinski definition) is 5. The molecule has 0 saturated carbocycles. The second-order valence-corrected chi connectivity index (χ2v) is 5.10. The van der Waals surface area contributed by atoms with Gasteiger partial charge in [0.2, 0.25) is 0 Å². The van der Waals surface area contributed by atoms with Crippen LogP contribution in [-0.2, 0) is 9.53 Å². The molecule has 120 valence electrons. The molecule has 1 atom stereocenters. The molecule has 0 aromatic heterocycles. The van der Waals surface area contributed by atoms with Crippen LogP contribution in [0.3, 0.4) is 0 Å². The number of benzene rings is 1. The van der Waals surface area contributed by atoms with Crippen molar-refractivity contribution >= 4 is 11.9 Å². The van der Waals surface area contributed by atoms with E-state index in [1.54, 1.807) is 37.3 Å². The summed E-state index contributed by atoms with van der Waals surface area (Å²) >= 11 is 0. The number of likely N-dealkylation sites (N-methyl/N-ethyl adjacent to an activating group) is 2. The van der Waals surface area contributed by atoms with Gasteiger partial charge in [-0.3, -0.25) is 4.79 Å². The van der Waals surface area contributed by atoms with Crippen LogP contribution in [0.15, 0.2) is 30.1 Å².